The summed E-state index contributed by atoms with van der Waals surface area (Å²) in [5.74, 6) is 0.805. The van der Waals surface area contributed by atoms with Gasteiger partial charge in [0.2, 0.25) is 0 Å². The van der Waals surface area contributed by atoms with Crippen molar-refractivity contribution in [2.45, 2.75) is 66.1 Å². The number of hydrogen-bond donors (Lipinski definition) is 1. The highest BCUT2D eigenvalue weighted by Gasteiger charge is 2.15. The fourth-order valence-corrected chi connectivity index (χ4v) is 2.89. The lowest BCUT2D eigenvalue weighted by molar-refractivity contribution is 0.0404. The van der Waals surface area contributed by atoms with Gasteiger partial charge in [-0.05, 0) is 38.5 Å². The number of aryl methyl sites for hydroxylation is 1. The molecule has 1 aromatic carbocycles. The number of unbranched alkanes of at least 4 members (excludes halogenated alkanes) is 1. The maximum Gasteiger partial charge on any atom is 0.122 e. The number of hydrogen-bond acceptors (Lipinski definition) is 4. The molecule has 0 saturated heterocycles. The summed E-state index contributed by atoms with van der Waals surface area (Å²) in [6.07, 6.45) is 2.33. The zero-order chi connectivity index (χ0) is 15.8. The van der Waals surface area contributed by atoms with Gasteiger partial charge in [0.1, 0.15) is 11.9 Å². The molecule has 0 aliphatic carbocycles. The van der Waals surface area contributed by atoms with Crippen LogP contribution < -0.4 is 4.74 Å². The van der Waals surface area contributed by atoms with Crippen molar-refractivity contribution < 1.29 is 9.84 Å². The topological polar surface area (TPSA) is 42.4 Å². The van der Waals surface area contributed by atoms with Gasteiger partial charge in [0, 0.05) is 0 Å². The molecule has 0 saturated carbocycles. The molecular weight excluding hydrogens is 282 g/mol. The normalized spacial score (nSPS) is 13.4. The molecule has 0 aliphatic heterocycles. The molecule has 4 heteroatoms. The van der Waals surface area contributed by atoms with Crippen molar-refractivity contribution in [1.29, 1.82) is 0 Å². The molecule has 0 spiro atoms. The van der Waals surface area contributed by atoms with E-state index in [2.05, 4.69) is 11.9 Å². The zero-order valence-corrected chi connectivity index (χ0v) is 14.5. The first kappa shape index (κ1) is 17.9. The third-order valence-electron chi connectivity index (χ3n) is 3.18. The third-order valence-corrected chi connectivity index (χ3v) is 4.12. The first-order valence-corrected chi connectivity index (χ1v) is 8.63. The SMILES string of the molecule is CC.CCCCC(O)C(C)Oc1ccc2nc(C)sc2c1. The predicted octanol–water partition coefficient (Wildman–Crippen LogP) is 4.95. The molecule has 0 aliphatic rings. The van der Waals surface area contributed by atoms with Crippen molar-refractivity contribution in [2.75, 3.05) is 0 Å². The lowest BCUT2D eigenvalue weighted by Crippen LogP contribution is -2.28. The van der Waals surface area contributed by atoms with E-state index < -0.39 is 6.10 Å². The lowest BCUT2D eigenvalue weighted by Gasteiger charge is -2.20. The Bertz CT molecular complexity index is 539. The minimum Gasteiger partial charge on any atom is -0.488 e. The summed E-state index contributed by atoms with van der Waals surface area (Å²) in [5, 5.41) is 11.1. The van der Waals surface area contributed by atoms with Crippen LogP contribution >= 0.6 is 11.3 Å². The number of fused-ring (bicyclic) bond motifs is 1. The largest absolute Gasteiger partial charge is 0.488 e. The monoisotopic (exact) mass is 309 g/mol. The number of nitrogens with zero attached hydrogens (tertiary/aromatic N) is 1. The van der Waals surface area contributed by atoms with Crippen LogP contribution in [-0.2, 0) is 0 Å². The van der Waals surface area contributed by atoms with Crippen LogP contribution in [0.5, 0.6) is 5.75 Å². The lowest BCUT2D eigenvalue weighted by atomic mass is 10.1. The maximum absolute atomic E-state index is 9.99. The quantitative estimate of drug-likeness (QED) is 0.821. The van der Waals surface area contributed by atoms with Crippen molar-refractivity contribution in [2.24, 2.45) is 0 Å². The summed E-state index contributed by atoms with van der Waals surface area (Å²) < 4.78 is 6.95. The Morgan fingerprint density at radius 1 is 1.33 bits per heavy atom. The molecule has 118 valence electrons. The Morgan fingerprint density at radius 2 is 2.05 bits per heavy atom. The van der Waals surface area contributed by atoms with E-state index in [0.717, 1.165) is 40.2 Å². The number of rotatable bonds is 6. The van der Waals surface area contributed by atoms with Crippen molar-refractivity contribution in [1.82, 2.24) is 4.98 Å². The summed E-state index contributed by atoms with van der Waals surface area (Å²) in [5.41, 5.74) is 1.01. The van der Waals surface area contributed by atoms with Crippen LogP contribution in [0.3, 0.4) is 0 Å². The van der Waals surface area contributed by atoms with Crippen molar-refractivity contribution >= 4 is 21.6 Å². The standard InChI is InChI=1S/C15H21NO2S.C2H6/c1-4-5-6-14(17)10(2)18-12-7-8-13-15(9-12)19-11(3)16-13;1-2/h7-10,14,17H,4-6H2,1-3H3;1-2H3. The second-order valence-corrected chi connectivity index (χ2v) is 6.13. The van der Waals surface area contributed by atoms with Crippen LogP contribution in [0.2, 0.25) is 0 Å². The van der Waals surface area contributed by atoms with Crippen LogP contribution in [0, 0.1) is 6.92 Å². The molecule has 1 heterocycles. The molecule has 1 N–H and O–H groups in total. The van der Waals surface area contributed by atoms with Crippen LogP contribution in [0.4, 0.5) is 0 Å². The van der Waals surface area contributed by atoms with Gasteiger partial charge in [-0.25, -0.2) is 4.98 Å². The van der Waals surface area contributed by atoms with Crippen molar-refractivity contribution in [3.8, 4) is 5.75 Å². The van der Waals surface area contributed by atoms with Gasteiger partial charge in [-0.2, -0.15) is 0 Å². The van der Waals surface area contributed by atoms with Gasteiger partial charge in [-0.15, -0.1) is 11.3 Å². The van der Waals surface area contributed by atoms with E-state index in [9.17, 15) is 5.11 Å². The Labute approximate surface area is 132 Å². The predicted molar refractivity (Wildman–Crippen MR) is 91.3 cm³/mol. The molecule has 2 atom stereocenters. The number of aliphatic hydroxyl groups is 1. The molecule has 0 fully saturated rings. The second-order valence-electron chi connectivity index (χ2n) is 4.89. The van der Waals surface area contributed by atoms with Crippen LogP contribution in [-0.4, -0.2) is 22.3 Å². The van der Waals surface area contributed by atoms with E-state index in [0.29, 0.717) is 0 Å². The maximum atomic E-state index is 9.99. The van der Waals surface area contributed by atoms with Crippen LogP contribution in [0.15, 0.2) is 18.2 Å². The number of benzene rings is 1. The summed E-state index contributed by atoms with van der Waals surface area (Å²) in [4.78, 5) is 4.42. The Kier molecular flexibility index (Phi) is 7.68. The minimum atomic E-state index is -0.404. The van der Waals surface area contributed by atoms with Gasteiger partial charge in [-0.3, -0.25) is 0 Å². The number of thiazole rings is 1. The molecular formula is C17H27NO2S. The molecule has 0 radical (unpaired) electrons. The average molecular weight is 309 g/mol. The van der Waals surface area contributed by atoms with E-state index in [4.69, 9.17) is 4.74 Å². The summed E-state index contributed by atoms with van der Waals surface area (Å²) in [6.45, 7) is 10.0. The number of ether oxygens (including phenoxy) is 1. The molecule has 0 amide bonds. The van der Waals surface area contributed by atoms with Gasteiger partial charge >= 0.3 is 0 Å². The van der Waals surface area contributed by atoms with Gasteiger partial charge in [0.05, 0.1) is 21.3 Å². The van der Waals surface area contributed by atoms with E-state index in [1.807, 2.05) is 45.9 Å². The molecule has 2 unspecified atom stereocenters. The molecule has 1 aromatic heterocycles. The number of aliphatic hydroxyl groups excluding tert-OH is 1. The van der Waals surface area contributed by atoms with Crippen LogP contribution in [0.1, 0.15) is 52.0 Å². The molecule has 2 rings (SSSR count). The van der Waals surface area contributed by atoms with E-state index >= 15 is 0 Å². The zero-order valence-electron chi connectivity index (χ0n) is 13.7. The van der Waals surface area contributed by atoms with Gasteiger partial charge < -0.3 is 9.84 Å². The Balaban J connectivity index is 0.00000106. The minimum absolute atomic E-state index is 0.182. The molecule has 3 nitrogen and oxygen atoms in total. The Hall–Kier alpha value is -1.13. The highest BCUT2D eigenvalue weighted by molar-refractivity contribution is 7.18. The highest BCUT2D eigenvalue weighted by atomic mass is 32.1. The van der Waals surface area contributed by atoms with Gasteiger partial charge in [-0.1, -0.05) is 33.6 Å². The van der Waals surface area contributed by atoms with Gasteiger partial charge in [0.15, 0.2) is 0 Å². The smallest absolute Gasteiger partial charge is 0.122 e. The van der Waals surface area contributed by atoms with E-state index in [1.54, 1.807) is 11.3 Å². The first-order chi connectivity index (χ1) is 10.1. The average Bonchev–Trinajstić information content (AvgIpc) is 2.86. The van der Waals surface area contributed by atoms with Crippen molar-refractivity contribution in [3.05, 3.63) is 23.2 Å². The van der Waals surface area contributed by atoms with Gasteiger partial charge in [0.25, 0.3) is 0 Å². The van der Waals surface area contributed by atoms with Crippen molar-refractivity contribution in [3.63, 3.8) is 0 Å². The molecule has 21 heavy (non-hydrogen) atoms. The fraction of sp³-hybridized carbons (Fsp3) is 0.588. The fourth-order valence-electron chi connectivity index (χ4n) is 2.03. The van der Waals surface area contributed by atoms with E-state index in [1.165, 1.54) is 0 Å². The summed E-state index contributed by atoms with van der Waals surface area (Å²) >= 11 is 1.66. The first-order valence-electron chi connectivity index (χ1n) is 7.82. The number of aromatic nitrogens is 1. The Morgan fingerprint density at radius 3 is 2.71 bits per heavy atom. The molecule has 0 bridgehead atoms. The van der Waals surface area contributed by atoms with Crippen LogP contribution in [0.25, 0.3) is 10.2 Å². The molecule has 2 aromatic rings. The van der Waals surface area contributed by atoms with E-state index in [-0.39, 0.29) is 6.10 Å². The summed E-state index contributed by atoms with van der Waals surface area (Å²) in [6, 6.07) is 5.90. The third kappa shape index (κ3) is 5.29. The summed E-state index contributed by atoms with van der Waals surface area (Å²) in [7, 11) is 0. The second kappa shape index (κ2) is 9.00. The highest BCUT2D eigenvalue weighted by Crippen LogP contribution is 2.26.